The highest BCUT2D eigenvalue weighted by Crippen LogP contribution is 2.29. The van der Waals surface area contributed by atoms with Crippen LogP contribution in [-0.2, 0) is 19.6 Å². The third kappa shape index (κ3) is 3.41. The summed E-state index contributed by atoms with van der Waals surface area (Å²) in [5.41, 5.74) is 1.22. The minimum Gasteiger partial charge on any atom is -0.379 e. The van der Waals surface area contributed by atoms with Crippen LogP contribution in [0, 0.1) is 12.8 Å². The number of ether oxygens (including phenoxy) is 1. The van der Waals surface area contributed by atoms with E-state index in [1.54, 1.807) is 25.1 Å². The van der Waals surface area contributed by atoms with Gasteiger partial charge in [-0.2, -0.15) is 4.31 Å². The predicted molar refractivity (Wildman–Crippen MR) is 86.7 cm³/mol. The standard InChI is InChI=1S/C16H22N2O4S/c1-12-5-6-14(17-16(19)13-3-2-4-13)11-15(12)23(20,21)18-7-9-22-10-8-18/h5-6,11,13H,2-4,7-10H2,1H3,(H,17,19). The molecule has 0 bridgehead atoms. The summed E-state index contributed by atoms with van der Waals surface area (Å²) in [5, 5.41) is 2.84. The number of hydrogen-bond donors (Lipinski definition) is 1. The lowest BCUT2D eigenvalue weighted by Gasteiger charge is -2.27. The SMILES string of the molecule is Cc1ccc(NC(=O)C2CCC2)cc1S(=O)(=O)N1CCOCC1. The Morgan fingerprint density at radius 1 is 1.26 bits per heavy atom. The molecule has 1 amide bonds. The molecule has 1 aliphatic carbocycles. The predicted octanol–water partition coefficient (Wildman–Crippen LogP) is 1.75. The van der Waals surface area contributed by atoms with Crippen LogP contribution in [0.2, 0.25) is 0 Å². The molecule has 7 heteroatoms. The fourth-order valence-corrected chi connectivity index (χ4v) is 4.46. The lowest BCUT2D eigenvalue weighted by atomic mass is 9.85. The maximum absolute atomic E-state index is 12.8. The Morgan fingerprint density at radius 3 is 2.57 bits per heavy atom. The molecule has 1 saturated carbocycles. The molecule has 0 aromatic heterocycles. The Bertz CT molecular complexity index is 692. The van der Waals surface area contributed by atoms with Crippen LogP contribution >= 0.6 is 0 Å². The van der Waals surface area contributed by atoms with Gasteiger partial charge < -0.3 is 10.1 Å². The first kappa shape index (κ1) is 16.4. The largest absolute Gasteiger partial charge is 0.379 e. The van der Waals surface area contributed by atoms with Crippen molar-refractivity contribution in [1.82, 2.24) is 4.31 Å². The molecule has 1 aliphatic heterocycles. The van der Waals surface area contributed by atoms with Gasteiger partial charge >= 0.3 is 0 Å². The monoisotopic (exact) mass is 338 g/mol. The van der Waals surface area contributed by atoms with Crippen molar-refractivity contribution in [1.29, 1.82) is 0 Å². The van der Waals surface area contributed by atoms with Gasteiger partial charge in [0.25, 0.3) is 0 Å². The lowest BCUT2D eigenvalue weighted by Crippen LogP contribution is -2.40. The van der Waals surface area contributed by atoms with Gasteiger partial charge in [0, 0.05) is 24.7 Å². The van der Waals surface area contributed by atoms with Crippen molar-refractivity contribution in [2.24, 2.45) is 5.92 Å². The first-order valence-electron chi connectivity index (χ1n) is 7.98. The molecular formula is C16H22N2O4S. The number of nitrogens with one attached hydrogen (secondary N) is 1. The number of hydrogen-bond acceptors (Lipinski definition) is 4. The average Bonchev–Trinajstić information content (AvgIpc) is 2.48. The minimum atomic E-state index is -3.56. The van der Waals surface area contributed by atoms with Gasteiger partial charge in [-0.15, -0.1) is 0 Å². The van der Waals surface area contributed by atoms with Crippen LogP contribution in [0.1, 0.15) is 24.8 Å². The molecular weight excluding hydrogens is 316 g/mol. The number of benzene rings is 1. The van der Waals surface area contributed by atoms with Crippen molar-refractivity contribution in [3.8, 4) is 0 Å². The topological polar surface area (TPSA) is 75.7 Å². The van der Waals surface area contributed by atoms with E-state index in [9.17, 15) is 13.2 Å². The molecule has 0 radical (unpaired) electrons. The van der Waals surface area contributed by atoms with E-state index in [1.807, 2.05) is 0 Å². The number of sulfonamides is 1. The van der Waals surface area contributed by atoms with Gasteiger partial charge in [-0.25, -0.2) is 8.42 Å². The fourth-order valence-electron chi connectivity index (χ4n) is 2.80. The average molecular weight is 338 g/mol. The molecule has 1 heterocycles. The third-order valence-electron chi connectivity index (χ3n) is 4.52. The van der Waals surface area contributed by atoms with Crippen molar-refractivity contribution in [3.05, 3.63) is 23.8 Å². The van der Waals surface area contributed by atoms with E-state index in [0.29, 0.717) is 37.6 Å². The molecule has 2 aliphatic rings. The highest BCUT2D eigenvalue weighted by Gasteiger charge is 2.29. The van der Waals surface area contributed by atoms with Crippen molar-refractivity contribution in [3.63, 3.8) is 0 Å². The maximum Gasteiger partial charge on any atom is 0.243 e. The number of carbonyl (C=O) groups is 1. The van der Waals surface area contributed by atoms with Gasteiger partial charge in [-0.1, -0.05) is 12.5 Å². The number of morpholine rings is 1. The summed E-state index contributed by atoms with van der Waals surface area (Å²) >= 11 is 0. The van der Waals surface area contributed by atoms with Gasteiger partial charge in [-0.05, 0) is 37.5 Å². The van der Waals surface area contributed by atoms with E-state index in [0.717, 1.165) is 19.3 Å². The molecule has 1 aromatic carbocycles. The number of amides is 1. The molecule has 126 valence electrons. The van der Waals surface area contributed by atoms with Gasteiger partial charge in [0.15, 0.2) is 0 Å². The van der Waals surface area contributed by atoms with Crippen LogP contribution < -0.4 is 5.32 Å². The number of aryl methyl sites for hydroxylation is 1. The van der Waals surface area contributed by atoms with E-state index in [4.69, 9.17) is 4.74 Å². The Kier molecular flexibility index (Phi) is 4.70. The van der Waals surface area contributed by atoms with Crippen LogP contribution in [-0.4, -0.2) is 44.9 Å². The molecule has 0 spiro atoms. The highest BCUT2D eigenvalue weighted by atomic mass is 32.2. The molecule has 0 unspecified atom stereocenters. The Hall–Kier alpha value is -1.44. The van der Waals surface area contributed by atoms with E-state index in [-0.39, 0.29) is 16.7 Å². The number of carbonyl (C=O) groups excluding carboxylic acids is 1. The summed E-state index contributed by atoms with van der Waals surface area (Å²) in [6.45, 7) is 3.32. The summed E-state index contributed by atoms with van der Waals surface area (Å²) in [7, 11) is -3.56. The second kappa shape index (κ2) is 6.59. The summed E-state index contributed by atoms with van der Waals surface area (Å²) in [6.07, 6.45) is 2.91. The van der Waals surface area contributed by atoms with E-state index >= 15 is 0 Å². The quantitative estimate of drug-likeness (QED) is 0.907. The lowest BCUT2D eigenvalue weighted by molar-refractivity contribution is -0.122. The summed E-state index contributed by atoms with van der Waals surface area (Å²) in [5.74, 6) is 0.0467. The molecule has 0 atom stereocenters. The van der Waals surface area contributed by atoms with Gasteiger partial charge in [0.05, 0.1) is 18.1 Å². The molecule has 23 heavy (non-hydrogen) atoms. The normalized spacial score (nSPS) is 20.0. The second-order valence-electron chi connectivity index (χ2n) is 6.11. The van der Waals surface area contributed by atoms with Crippen molar-refractivity contribution in [2.75, 3.05) is 31.6 Å². The molecule has 1 saturated heterocycles. The Morgan fingerprint density at radius 2 is 1.96 bits per heavy atom. The first-order chi connectivity index (χ1) is 11.0. The summed E-state index contributed by atoms with van der Waals surface area (Å²) < 4.78 is 32.3. The van der Waals surface area contributed by atoms with Crippen LogP contribution in [0.25, 0.3) is 0 Å². The molecule has 6 nitrogen and oxygen atoms in total. The Balaban J connectivity index is 1.83. The summed E-state index contributed by atoms with van der Waals surface area (Å²) in [6, 6.07) is 5.06. The van der Waals surface area contributed by atoms with Crippen molar-refractivity contribution < 1.29 is 17.9 Å². The number of nitrogens with zero attached hydrogens (tertiary/aromatic N) is 1. The zero-order valence-corrected chi connectivity index (χ0v) is 14.1. The molecule has 1 aromatic rings. The van der Waals surface area contributed by atoms with Gasteiger partial charge in [-0.3, -0.25) is 4.79 Å². The first-order valence-corrected chi connectivity index (χ1v) is 9.42. The summed E-state index contributed by atoms with van der Waals surface area (Å²) in [4.78, 5) is 12.3. The Labute approximate surface area is 136 Å². The molecule has 2 fully saturated rings. The molecule has 1 N–H and O–H groups in total. The highest BCUT2D eigenvalue weighted by molar-refractivity contribution is 7.89. The van der Waals surface area contributed by atoms with Crippen LogP contribution in [0.5, 0.6) is 0 Å². The van der Waals surface area contributed by atoms with Crippen molar-refractivity contribution in [2.45, 2.75) is 31.1 Å². The molecule has 3 rings (SSSR count). The van der Waals surface area contributed by atoms with Crippen LogP contribution in [0.3, 0.4) is 0 Å². The zero-order chi connectivity index (χ0) is 16.4. The van der Waals surface area contributed by atoms with Crippen LogP contribution in [0.4, 0.5) is 5.69 Å². The second-order valence-corrected chi connectivity index (χ2v) is 8.02. The minimum absolute atomic E-state index is 0.0187. The smallest absolute Gasteiger partial charge is 0.243 e. The third-order valence-corrected chi connectivity index (χ3v) is 6.56. The fraction of sp³-hybridized carbons (Fsp3) is 0.562. The van der Waals surface area contributed by atoms with Gasteiger partial charge in [0.1, 0.15) is 0 Å². The maximum atomic E-state index is 12.8. The van der Waals surface area contributed by atoms with Gasteiger partial charge in [0.2, 0.25) is 15.9 Å². The zero-order valence-electron chi connectivity index (χ0n) is 13.2. The van der Waals surface area contributed by atoms with E-state index in [2.05, 4.69) is 5.32 Å². The van der Waals surface area contributed by atoms with Crippen molar-refractivity contribution >= 4 is 21.6 Å². The number of rotatable bonds is 4. The van der Waals surface area contributed by atoms with E-state index < -0.39 is 10.0 Å². The van der Waals surface area contributed by atoms with E-state index in [1.165, 1.54) is 4.31 Å². The van der Waals surface area contributed by atoms with Crippen LogP contribution in [0.15, 0.2) is 23.1 Å². The number of anilines is 1.